The van der Waals surface area contributed by atoms with Crippen molar-refractivity contribution in [1.29, 1.82) is 0 Å². The largest absolute Gasteiger partial charge is 0.311 e. The van der Waals surface area contributed by atoms with Gasteiger partial charge in [0.15, 0.2) is 0 Å². The summed E-state index contributed by atoms with van der Waals surface area (Å²) in [5.41, 5.74) is 0. The number of nitrogens with one attached hydrogen (secondary N) is 2. The second kappa shape index (κ2) is 1.45. The Labute approximate surface area is 49.7 Å². The van der Waals surface area contributed by atoms with Crippen LogP contribution in [-0.2, 0) is 0 Å². The maximum atomic E-state index is 3.49. The molecule has 2 N–H and O–H groups in total. The fraction of sp³-hybridized carbons (Fsp3) is 1.00. The molecule has 2 saturated heterocycles. The summed E-state index contributed by atoms with van der Waals surface area (Å²) in [6.07, 6.45) is 1.35. The van der Waals surface area contributed by atoms with Crippen molar-refractivity contribution in [2.45, 2.75) is 31.5 Å². The predicted octanol–water partition coefficient (Wildman–Crippen LogP) is -0.291. The van der Waals surface area contributed by atoms with E-state index in [1.807, 2.05) is 0 Å². The highest BCUT2D eigenvalue weighted by Crippen LogP contribution is 2.17. The monoisotopic (exact) mass is 112 g/mol. The van der Waals surface area contributed by atoms with E-state index < -0.39 is 0 Å². The van der Waals surface area contributed by atoms with Crippen molar-refractivity contribution in [2.75, 3.05) is 6.54 Å². The van der Waals surface area contributed by atoms with Gasteiger partial charge in [-0.25, -0.2) is 0 Å². The molecule has 3 unspecified atom stereocenters. The Kier molecular flexibility index (Phi) is 0.866. The van der Waals surface area contributed by atoms with Crippen molar-refractivity contribution in [1.82, 2.24) is 10.6 Å². The molecule has 46 valence electrons. The van der Waals surface area contributed by atoms with Crippen molar-refractivity contribution >= 4 is 0 Å². The molecule has 0 saturated carbocycles. The molecular formula is C6H12N2. The first kappa shape index (κ1) is 4.77. The number of hydrogen-bond acceptors (Lipinski definition) is 2. The summed E-state index contributed by atoms with van der Waals surface area (Å²) in [5, 5.41) is 6.93. The molecule has 0 aromatic carbocycles. The zero-order chi connectivity index (χ0) is 5.56. The lowest BCUT2D eigenvalue weighted by molar-refractivity contribution is 0.435. The van der Waals surface area contributed by atoms with Gasteiger partial charge in [-0.05, 0) is 13.3 Å². The molecule has 2 heteroatoms. The summed E-state index contributed by atoms with van der Waals surface area (Å²) in [6, 6.07) is 2.28. The molecule has 2 aliphatic heterocycles. The average molecular weight is 112 g/mol. The normalized spacial score (nSPS) is 52.9. The second-order valence-corrected chi connectivity index (χ2v) is 2.90. The van der Waals surface area contributed by atoms with Gasteiger partial charge >= 0.3 is 0 Å². The Hall–Kier alpha value is -0.0800. The van der Waals surface area contributed by atoms with E-state index in [9.17, 15) is 0 Å². The minimum atomic E-state index is 0.716. The van der Waals surface area contributed by atoms with Crippen LogP contribution in [0.25, 0.3) is 0 Å². The lowest BCUT2D eigenvalue weighted by atomic mass is 10.2. The quantitative estimate of drug-likeness (QED) is 0.450. The topological polar surface area (TPSA) is 24.1 Å². The van der Waals surface area contributed by atoms with Crippen molar-refractivity contribution in [3.63, 3.8) is 0 Å². The van der Waals surface area contributed by atoms with E-state index in [0.29, 0.717) is 6.04 Å². The van der Waals surface area contributed by atoms with Gasteiger partial charge in [0.1, 0.15) is 0 Å². The fourth-order valence-corrected chi connectivity index (χ4v) is 1.76. The van der Waals surface area contributed by atoms with Crippen molar-refractivity contribution in [3.8, 4) is 0 Å². The molecule has 0 aromatic heterocycles. The van der Waals surface area contributed by atoms with Gasteiger partial charge in [0.25, 0.3) is 0 Å². The Balaban J connectivity index is 2.11. The zero-order valence-corrected chi connectivity index (χ0v) is 5.15. The lowest BCUT2D eigenvalue weighted by Gasteiger charge is -2.19. The van der Waals surface area contributed by atoms with Crippen LogP contribution in [0.1, 0.15) is 13.3 Å². The van der Waals surface area contributed by atoms with E-state index in [-0.39, 0.29) is 0 Å². The first-order valence-electron chi connectivity index (χ1n) is 3.36. The molecule has 2 rings (SSSR count). The Bertz CT molecular complexity index is 101. The summed E-state index contributed by atoms with van der Waals surface area (Å²) in [7, 11) is 0. The van der Waals surface area contributed by atoms with Gasteiger partial charge in [-0.3, -0.25) is 0 Å². The molecular weight excluding hydrogens is 100 g/mol. The maximum Gasteiger partial charge on any atom is 0.0234 e. The summed E-state index contributed by atoms with van der Waals surface area (Å²) < 4.78 is 0. The molecule has 2 bridgehead atoms. The van der Waals surface area contributed by atoms with Crippen LogP contribution >= 0.6 is 0 Å². The highest BCUT2D eigenvalue weighted by atomic mass is 15.2. The summed E-state index contributed by atoms with van der Waals surface area (Å²) in [5.74, 6) is 0. The van der Waals surface area contributed by atoms with Gasteiger partial charge in [-0.15, -0.1) is 0 Å². The Morgan fingerprint density at radius 3 is 2.62 bits per heavy atom. The SMILES string of the molecule is CC1NC2CNC1C2. The van der Waals surface area contributed by atoms with Gasteiger partial charge < -0.3 is 10.6 Å². The van der Waals surface area contributed by atoms with E-state index >= 15 is 0 Å². The van der Waals surface area contributed by atoms with Crippen LogP contribution in [0.3, 0.4) is 0 Å². The smallest absolute Gasteiger partial charge is 0.0234 e. The van der Waals surface area contributed by atoms with Gasteiger partial charge in [0.2, 0.25) is 0 Å². The number of hydrogen-bond donors (Lipinski definition) is 2. The standard InChI is InChI=1S/C6H12N2/c1-4-6-2-5(8-4)3-7-6/h4-8H,2-3H2,1H3. The van der Waals surface area contributed by atoms with Crippen LogP contribution in [0.5, 0.6) is 0 Å². The molecule has 8 heavy (non-hydrogen) atoms. The molecule has 0 aromatic rings. The first-order valence-corrected chi connectivity index (χ1v) is 3.36. The van der Waals surface area contributed by atoms with Gasteiger partial charge in [0, 0.05) is 24.7 Å². The molecule has 0 spiro atoms. The Morgan fingerprint density at radius 2 is 2.38 bits per heavy atom. The van der Waals surface area contributed by atoms with E-state index in [1.54, 1.807) is 0 Å². The van der Waals surface area contributed by atoms with Gasteiger partial charge in [-0.2, -0.15) is 0 Å². The van der Waals surface area contributed by atoms with Crippen LogP contribution in [0.15, 0.2) is 0 Å². The van der Waals surface area contributed by atoms with Crippen LogP contribution in [0.2, 0.25) is 0 Å². The van der Waals surface area contributed by atoms with Crippen molar-refractivity contribution < 1.29 is 0 Å². The summed E-state index contributed by atoms with van der Waals surface area (Å²) in [6.45, 7) is 3.44. The average Bonchev–Trinajstić information content (AvgIpc) is 2.23. The van der Waals surface area contributed by atoms with E-state index in [0.717, 1.165) is 12.1 Å². The first-order chi connectivity index (χ1) is 3.86. The number of rotatable bonds is 0. The fourth-order valence-electron chi connectivity index (χ4n) is 1.76. The van der Waals surface area contributed by atoms with Gasteiger partial charge in [0.05, 0.1) is 0 Å². The van der Waals surface area contributed by atoms with E-state index in [4.69, 9.17) is 0 Å². The van der Waals surface area contributed by atoms with Crippen LogP contribution in [0.4, 0.5) is 0 Å². The summed E-state index contributed by atoms with van der Waals surface area (Å²) in [4.78, 5) is 0. The Morgan fingerprint density at radius 1 is 1.50 bits per heavy atom. The zero-order valence-electron chi connectivity index (χ0n) is 5.15. The highest BCUT2D eigenvalue weighted by Gasteiger charge is 2.35. The van der Waals surface area contributed by atoms with E-state index in [2.05, 4.69) is 17.6 Å². The van der Waals surface area contributed by atoms with Gasteiger partial charge in [-0.1, -0.05) is 0 Å². The highest BCUT2D eigenvalue weighted by molar-refractivity contribution is 4.99. The van der Waals surface area contributed by atoms with Crippen molar-refractivity contribution in [2.24, 2.45) is 0 Å². The molecule has 0 aliphatic carbocycles. The minimum absolute atomic E-state index is 0.716. The maximum absolute atomic E-state index is 3.49. The van der Waals surface area contributed by atoms with E-state index in [1.165, 1.54) is 13.0 Å². The number of fused-ring (bicyclic) bond motifs is 2. The summed E-state index contributed by atoms with van der Waals surface area (Å²) >= 11 is 0. The second-order valence-electron chi connectivity index (χ2n) is 2.90. The molecule has 2 nitrogen and oxygen atoms in total. The lowest BCUT2D eigenvalue weighted by Crippen LogP contribution is -2.46. The molecule has 2 aliphatic rings. The van der Waals surface area contributed by atoms with Crippen molar-refractivity contribution in [3.05, 3.63) is 0 Å². The van der Waals surface area contributed by atoms with Crippen LogP contribution < -0.4 is 10.6 Å². The number of piperazine rings is 1. The molecule has 3 atom stereocenters. The van der Waals surface area contributed by atoms with Crippen LogP contribution in [0, 0.1) is 0 Å². The molecule has 0 radical (unpaired) electrons. The molecule has 0 amide bonds. The minimum Gasteiger partial charge on any atom is -0.311 e. The molecule has 2 fully saturated rings. The third-order valence-corrected chi connectivity index (χ3v) is 2.27. The predicted molar refractivity (Wildman–Crippen MR) is 32.8 cm³/mol. The third-order valence-electron chi connectivity index (χ3n) is 2.27. The molecule has 2 heterocycles. The van der Waals surface area contributed by atoms with Crippen LogP contribution in [-0.4, -0.2) is 24.7 Å². The third kappa shape index (κ3) is 0.501.